The predicted octanol–water partition coefficient (Wildman–Crippen LogP) is -1.15. The molecule has 10 nitrogen and oxygen atoms in total. The molecule has 1 aliphatic rings. The van der Waals surface area contributed by atoms with E-state index < -0.39 is 49.5 Å². The Hall–Kier alpha value is -1.76. The zero-order valence-electron chi connectivity index (χ0n) is 11.7. The highest BCUT2D eigenvalue weighted by molar-refractivity contribution is 8.03. The lowest BCUT2D eigenvalue weighted by Crippen LogP contribution is -2.45. The maximum absolute atomic E-state index is 11.8. The maximum atomic E-state index is 11.8. The fourth-order valence-electron chi connectivity index (χ4n) is 1.42. The number of hydrogen-bond donors (Lipinski definition) is 0. The van der Waals surface area contributed by atoms with Crippen molar-refractivity contribution in [1.29, 1.82) is 0 Å². The predicted molar refractivity (Wildman–Crippen MR) is 74.8 cm³/mol. The average molecular weight is 370 g/mol. The zero-order chi connectivity index (χ0) is 17.7. The first-order chi connectivity index (χ1) is 10.6. The first-order valence-corrected chi connectivity index (χ1v) is 9.14. The molecule has 0 amide bonds. The molecule has 0 aromatic carbocycles. The van der Waals surface area contributed by atoms with Gasteiger partial charge in [-0.2, -0.15) is 16.8 Å². The molecule has 1 fully saturated rings. The standard InChI is InChI=1S/C11H14O10S2/c1-3-5-18-10(12)8-9(11(13)19-6-4-2)21-23(16,17)7-22(14,15)20-8/h3-4,8-9H,1-2,5-7H2. The quantitative estimate of drug-likeness (QED) is 0.320. The van der Waals surface area contributed by atoms with Gasteiger partial charge in [-0.25, -0.2) is 9.59 Å². The van der Waals surface area contributed by atoms with Crippen molar-refractivity contribution in [3.05, 3.63) is 25.3 Å². The van der Waals surface area contributed by atoms with Crippen LogP contribution in [0.2, 0.25) is 0 Å². The summed E-state index contributed by atoms with van der Waals surface area (Å²) in [6.07, 6.45) is -2.00. The lowest BCUT2D eigenvalue weighted by molar-refractivity contribution is -0.166. The number of esters is 2. The van der Waals surface area contributed by atoms with Crippen molar-refractivity contribution in [3.63, 3.8) is 0 Å². The first-order valence-electron chi connectivity index (χ1n) is 5.99. The maximum Gasteiger partial charge on any atom is 0.340 e. The zero-order valence-corrected chi connectivity index (χ0v) is 13.4. The van der Waals surface area contributed by atoms with Crippen molar-refractivity contribution < 1.29 is 44.3 Å². The van der Waals surface area contributed by atoms with Crippen LogP contribution >= 0.6 is 0 Å². The first kappa shape index (κ1) is 19.3. The van der Waals surface area contributed by atoms with Crippen molar-refractivity contribution in [1.82, 2.24) is 0 Å². The van der Waals surface area contributed by atoms with Gasteiger partial charge in [0.05, 0.1) is 0 Å². The summed E-state index contributed by atoms with van der Waals surface area (Å²) in [5.41, 5.74) is 0. The van der Waals surface area contributed by atoms with Crippen molar-refractivity contribution in [2.45, 2.75) is 12.2 Å². The van der Waals surface area contributed by atoms with E-state index in [0.717, 1.165) is 0 Å². The molecule has 0 spiro atoms. The summed E-state index contributed by atoms with van der Waals surface area (Å²) in [6, 6.07) is 0. The van der Waals surface area contributed by atoms with E-state index in [4.69, 9.17) is 0 Å². The highest BCUT2D eigenvalue weighted by Crippen LogP contribution is 2.21. The molecule has 0 aliphatic carbocycles. The Morgan fingerprint density at radius 3 is 1.57 bits per heavy atom. The second kappa shape index (κ2) is 7.68. The lowest BCUT2D eigenvalue weighted by atomic mass is 10.2. The summed E-state index contributed by atoms with van der Waals surface area (Å²) in [4.78, 5) is 23.7. The number of hydrogen-bond acceptors (Lipinski definition) is 10. The Morgan fingerprint density at radius 1 is 0.913 bits per heavy atom. The smallest absolute Gasteiger partial charge is 0.340 e. The number of rotatable bonds is 6. The molecule has 0 bridgehead atoms. The molecule has 0 radical (unpaired) electrons. The summed E-state index contributed by atoms with van der Waals surface area (Å²) >= 11 is 0. The number of carbonyl (C=O) groups excluding carboxylic acids is 2. The molecule has 1 saturated heterocycles. The summed E-state index contributed by atoms with van der Waals surface area (Å²) < 4.78 is 64.4. The van der Waals surface area contributed by atoms with Gasteiger partial charge in [0.25, 0.3) is 20.2 Å². The van der Waals surface area contributed by atoms with Gasteiger partial charge in [-0.05, 0) is 0 Å². The fraction of sp³-hybridized carbons (Fsp3) is 0.455. The van der Waals surface area contributed by atoms with Gasteiger partial charge in [-0.1, -0.05) is 25.3 Å². The van der Waals surface area contributed by atoms with E-state index in [2.05, 4.69) is 31.0 Å². The molecule has 1 rings (SSSR count). The summed E-state index contributed by atoms with van der Waals surface area (Å²) in [5.74, 6) is -2.66. The topological polar surface area (TPSA) is 139 Å². The average Bonchev–Trinajstić information content (AvgIpc) is 2.54. The molecule has 0 aromatic heterocycles. The monoisotopic (exact) mass is 370 g/mol. The largest absolute Gasteiger partial charge is 0.459 e. The van der Waals surface area contributed by atoms with Crippen LogP contribution in [0.25, 0.3) is 0 Å². The normalized spacial score (nSPS) is 25.6. The second-order valence-electron chi connectivity index (χ2n) is 4.10. The van der Waals surface area contributed by atoms with Crippen LogP contribution < -0.4 is 0 Å². The fourth-order valence-corrected chi connectivity index (χ4v) is 4.27. The van der Waals surface area contributed by atoms with Gasteiger partial charge in [-0.15, -0.1) is 0 Å². The lowest BCUT2D eigenvalue weighted by Gasteiger charge is -2.19. The number of carbonyl (C=O) groups is 2. The van der Waals surface area contributed by atoms with Crippen LogP contribution in [0.5, 0.6) is 0 Å². The van der Waals surface area contributed by atoms with E-state index in [1.165, 1.54) is 12.2 Å². The van der Waals surface area contributed by atoms with Gasteiger partial charge in [0.2, 0.25) is 17.3 Å². The van der Waals surface area contributed by atoms with E-state index in [0.29, 0.717) is 0 Å². The minimum absolute atomic E-state index is 0.320. The summed E-state index contributed by atoms with van der Waals surface area (Å²) in [7, 11) is -9.40. The van der Waals surface area contributed by atoms with Gasteiger partial charge in [-0.3, -0.25) is 8.37 Å². The summed E-state index contributed by atoms with van der Waals surface area (Å²) in [5, 5.41) is -1.56. The van der Waals surface area contributed by atoms with Crippen LogP contribution in [-0.2, 0) is 47.7 Å². The van der Waals surface area contributed by atoms with Crippen LogP contribution in [0, 0.1) is 0 Å². The van der Waals surface area contributed by atoms with E-state index in [9.17, 15) is 26.4 Å². The summed E-state index contributed by atoms with van der Waals surface area (Å²) in [6.45, 7) is 5.91. The van der Waals surface area contributed by atoms with Crippen molar-refractivity contribution in [2.75, 3.05) is 18.3 Å². The van der Waals surface area contributed by atoms with Gasteiger partial charge < -0.3 is 9.47 Å². The minimum Gasteiger partial charge on any atom is -0.459 e. The molecule has 12 heteroatoms. The molecule has 23 heavy (non-hydrogen) atoms. The van der Waals surface area contributed by atoms with Crippen molar-refractivity contribution in [3.8, 4) is 0 Å². The van der Waals surface area contributed by atoms with Crippen LogP contribution in [0.15, 0.2) is 25.3 Å². The van der Waals surface area contributed by atoms with Crippen LogP contribution in [0.4, 0.5) is 0 Å². The van der Waals surface area contributed by atoms with Crippen molar-refractivity contribution in [2.24, 2.45) is 0 Å². The molecular weight excluding hydrogens is 356 g/mol. The SMILES string of the molecule is C=CCOC(=O)C1OS(=O)(=O)CS(=O)(=O)OC1C(=O)OCC=C. The van der Waals surface area contributed by atoms with E-state index in [1.807, 2.05) is 0 Å². The minimum atomic E-state index is -4.70. The Kier molecular flexibility index (Phi) is 6.44. The Bertz CT molecular complexity index is 630. The van der Waals surface area contributed by atoms with E-state index in [-0.39, 0.29) is 13.2 Å². The van der Waals surface area contributed by atoms with E-state index >= 15 is 0 Å². The molecule has 130 valence electrons. The van der Waals surface area contributed by atoms with Crippen LogP contribution in [0.3, 0.4) is 0 Å². The number of ether oxygens (including phenoxy) is 2. The van der Waals surface area contributed by atoms with Gasteiger partial charge >= 0.3 is 11.9 Å². The Morgan fingerprint density at radius 2 is 1.26 bits per heavy atom. The molecule has 2 atom stereocenters. The van der Waals surface area contributed by atoms with Gasteiger partial charge in [0, 0.05) is 0 Å². The molecule has 1 aliphatic heterocycles. The third-order valence-corrected chi connectivity index (χ3v) is 5.53. The molecule has 1 heterocycles. The highest BCUT2D eigenvalue weighted by atomic mass is 32.3. The van der Waals surface area contributed by atoms with Crippen LogP contribution in [-0.4, -0.2) is 59.3 Å². The third-order valence-electron chi connectivity index (χ3n) is 2.22. The van der Waals surface area contributed by atoms with Crippen LogP contribution in [0.1, 0.15) is 0 Å². The van der Waals surface area contributed by atoms with Gasteiger partial charge in [0.1, 0.15) is 13.2 Å². The second-order valence-corrected chi connectivity index (χ2v) is 7.66. The third kappa shape index (κ3) is 5.74. The molecular formula is C11H14O10S2. The molecule has 0 saturated carbocycles. The molecule has 2 unspecified atom stereocenters. The molecule has 0 N–H and O–H groups in total. The molecule has 0 aromatic rings. The highest BCUT2D eigenvalue weighted by Gasteiger charge is 2.48. The Labute approximate surface area is 132 Å². The van der Waals surface area contributed by atoms with E-state index in [1.54, 1.807) is 0 Å². The van der Waals surface area contributed by atoms with Gasteiger partial charge in [0.15, 0.2) is 0 Å². The van der Waals surface area contributed by atoms with Crippen molar-refractivity contribution >= 4 is 32.2 Å². The Balaban J connectivity index is 3.19.